The lowest BCUT2D eigenvalue weighted by Crippen LogP contribution is -2.07. The highest BCUT2D eigenvalue weighted by atomic mass is 16.5. The quantitative estimate of drug-likeness (QED) is 0.336. The van der Waals surface area contributed by atoms with Gasteiger partial charge >= 0.3 is 5.97 Å². The third-order valence-electron chi connectivity index (χ3n) is 2.44. The Balaban J connectivity index is 2.60. The Hall–Kier alpha value is -1.58. The molecule has 2 unspecified atom stereocenters. The summed E-state index contributed by atoms with van der Waals surface area (Å²) in [6.07, 6.45) is 3.98. The summed E-state index contributed by atoms with van der Waals surface area (Å²) in [6.45, 7) is 7.22. The second-order valence-electron chi connectivity index (χ2n) is 3.76. The first-order valence-electron chi connectivity index (χ1n) is 5.31. The lowest BCUT2D eigenvalue weighted by atomic mass is 10.2. The maximum absolute atomic E-state index is 11.4. The van der Waals surface area contributed by atoms with Gasteiger partial charge in [0.15, 0.2) is 0 Å². The number of hydrogen-bond donors (Lipinski definition) is 1. The number of nitrogens with zero attached hydrogens (tertiary/aromatic N) is 1. The fraction of sp³-hybridized carbons (Fsp3) is 0.500. The molecule has 1 rings (SSSR count). The predicted octanol–water partition coefficient (Wildman–Crippen LogP) is 2.23. The van der Waals surface area contributed by atoms with E-state index in [0.29, 0.717) is 6.61 Å². The maximum Gasteiger partial charge on any atom is 0.309 e. The summed E-state index contributed by atoms with van der Waals surface area (Å²) in [5, 5.41) is 9.02. The van der Waals surface area contributed by atoms with Crippen LogP contribution in [0.2, 0.25) is 0 Å². The van der Waals surface area contributed by atoms with Gasteiger partial charge in [0.05, 0.1) is 18.3 Å². The Bertz CT molecular complexity index is 340. The molecular weight excluding hydrogens is 206 g/mol. The zero-order valence-electron chi connectivity index (χ0n) is 9.64. The molecule has 4 nitrogen and oxygen atoms in total. The molecule has 0 bridgehead atoms. The van der Waals surface area contributed by atoms with Gasteiger partial charge in [-0.05, 0) is 39.1 Å². The number of allylic oxidation sites excluding steroid dienone is 4. The van der Waals surface area contributed by atoms with Crippen molar-refractivity contribution in [1.82, 2.24) is 0 Å². The molecule has 16 heavy (non-hydrogen) atoms. The molecule has 1 N–H and O–H groups in total. The van der Waals surface area contributed by atoms with Crippen molar-refractivity contribution < 1.29 is 14.6 Å². The predicted molar refractivity (Wildman–Crippen MR) is 62.2 cm³/mol. The molecule has 0 aromatic carbocycles. The lowest BCUT2D eigenvalue weighted by molar-refractivity contribution is -0.144. The van der Waals surface area contributed by atoms with E-state index in [9.17, 15) is 4.79 Å². The molecule has 88 valence electrons. The van der Waals surface area contributed by atoms with E-state index in [-0.39, 0.29) is 23.6 Å². The van der Waals surface area contributed by atoms with Crippen LogP contribution in [-0.2, 0) is 9.53 Å². The molecule has 0 saturated heterocycles. The summed E-state index contributed by atoms with van der Waals surface area (Å²) < 4.78 is 4.92. The van der Waals surface area contributed by atoms with Gasteiger partial charge in [0.2, 0.25) is 0 Å². The summed E-state index contributed by atoms with van der Waals surface area (Å²) in [4.78, 5) is 15.3. The maximum atomic E-state index is 11.4. The Kier molecular flexibility index (Phi) is 4.28. The first-order valence-corrected chi connectivity index (χ1v) is 5.31. The average molecular weight is 223 g/mol. The van der Waals surface area contributed by atoms with Gasteiger partial charge in [0.1, 0.15) is 0 Å². The smallest absolute Gasteiger partial charge is 0.309 e. The minimum absolute atomic E-state index is 0.0900. The van der Waals surface area contributed by atoms with Crippen molar-refractivity contribution in [3.8, 4) is 0 Å². The summed E-state index contributed by atoms with van der Waals surface area (Å²) >= 11 is 0. The Morgan fingerprint density at radius 2 is 2.25 bits per heavy atom. The van der Waals surface area contributed by atoms with Gasteiger partial charge in [-0.25, -0.2) is 0 Å². The van der Waals surface area contributed by atoms with Crippen molar-refractivity contribution in [2.24, 2.45) is 16.8 Å². The number of ether oxygens (including phenoxy) is 1. The van der Waals surface area contributed by atoms with Crippen LogP contribution in [0.5, 0.6) is 0 Å². The summed E-state index contributed by atoms with van der Waals surface area (Å²) in [5.41, 5.74) is 0.728. The van der Waals surface area contributed by atoms with Gasteiger partial charge in [0.25, 0.3) is 0 Å². The molecule has 0 aromatic rings. The van der Waals surface area contributed by atoms with E-state index in [0.717, 1.165) is 12.1 Å². The molecule has 0 aliphatic heterocycles. The van der Waals surface area contributed by atoms with Crippen LogP contribution in [0, 0.1) is 11.8 Å². The molecule has 0 amide bonds. The molecule has 0 spiro atoms. The Labute approximate surface area is 95.3 Å². The van der Waals surface area contributed by atoms with Gasteiger partial charge in [0, 0.05) is 11.6 Å². The zero-order chi connectivity index (χ0) is 12.1. The summed E-state index contributed by atoms with van der Waals surface area (Å²) in [5.74, 6) is 0.0254. The highest BCUT2D eigenvalue weighted by Gasteiger charge is 2.46. The molecule has 1 fully saturated rings. The second-order valence-corrected chi connectivity index (χ2v) is 3.76. The van der Waals surface area contributed by atoms with Crippen molar-refractivity contribution in [2.45, 2.75) is 20.3 Å². The largest absolute Gasteiger partial charge is 0.513 e. The number of rotatable bonds is 5. The number of aliphatic hydroxyl groups is 1. The van der Waals surface area contributed by atoms with Crippen molar-refractivity contribution >= 4 is 12.7 Å². The molecular formula is C12H17NO3. The topological polar surface area (TPSA) is 58.9 Å². The third kappa shape index (κ3) is 3.22. The molecule has 0 radical (unpaired) electrons. The molecule has 4 heteroatoms. The SMILES string of the molecule is C=N/C(=C\C=C(/C)O)C1CC1C(=O)OCC. The van der Waals surface area contributed by atoms with Crippen LogP contribution in [0.4, 0.5) is 0 Å². The number of aliphatic hydroxyl groups excluding tert-OH is 1. The number of esters is 1. The van der Waals surface area contributed by atoms with Crippen molar-refractivity contribution in [3.05, 3.63) is 23.6 Å². The minimum Gasteiger partial charge on any atom is -0.513 e. The minimum atomic E-state index is -0.174. The van der Waals surface area contributed by atoms with Gasteiger partial charge in [-0.2, -0.15) is 0 Å². The molecule has 0 aromatic heterocycles. The zero-order valence-corrected chi connectivity index (χ0v) is 9.64. The fourth-order valence-corrected chi connectivity index (χ4v) is 1.53. The van der Waals surface area contributed by atoms with Crippen molar-refractivity contribution in [2.75, 3.05) is 6.61 Å². The van der Waals surface area contributed by atoms with Gasteiger partial charge in [-0.1, -0.05) is 0 Å². The van der Waals surface area contributed by atoms with E-state index in [2.05, 4.69) is 11.7 Å². The van der Waals surface area contributed by atoms with Gasteiger partial charge < -0.3 is 9.84 Å². The first-order chi connectivity index (χ1) is 7.60. The monoisotopic (exact) mass is 223 g/mol. The number of aliphatic imine (C=N–C) groups is 1. The molecule has 0 heterocycles. The standard InChI is InChI=1S/C12H17NO3/c1-4-16-12(15)10-7-9(10)11(13-3)6-5-8(2)14/h5-6,9-10,14H,3-4,7H2,1-2H3/b8-5+,11-6-. The molecule has 2 atom stereocenters. The Morgan fingerprint density at radius 3 is 2.75 bits per heavy atom. The first kappa shape index (κ1) is 12.5. The van der Waals surface area contributed by atoms with E-state index in [1.165, 1.54) is 0 Å². The number of carbonyl (C=O) groups is 1. The Morgan fingerprint density at radius 1 is 1.56 bits per heavy atom. The summed E-state index contributed by atoms with van der Waals surface area (Å²) in [6, 6.07) is 0. The molecule has 1 aliphatic carbocycles. The normalized spacial score (nSPS) is 25.1. The highest BCUT2D eigenvalue weighted by molar-refractivity contribution is 5.76. The van der Waals surface area contributed by atoms with Crippen LogP contribution < -0.4 is 0 Å². The van der Waals surface area contributed by atoms with E-state index in [1.807, 2.05) is 0 Å². The van der Waals surface area contributed by atoms with Crippen molar-refractivity contribution in [3.63, 3.8) is 0 Å². The fourth-order valence-electron chi connectivity index (χ4n) is 1.53. The van der Waals surface area contributed by atoms with E-state index < -0.39 is 0 Å². The van der Waals surface area contributed by atoms with Crippen LogP contribution in [0.25, 0.3) is 0 Å². The lowest BCUT2D eigenvalue weighted by Gasteiger charge is -2.00. The van der Waals surface area contributed by atoms with Crippen LogP contribution in [-0.4, -0.2) is 24.4 Å². The molecule has 1 aliphatic rings. The second kappa shape index (κ2) is 5.49. The van der Waals surface area contributed by atoms with Crippen LogP contribution in [0.3, 0.4) is 0 Å². The van der Waals surface area contributed by atoms with E-state index >= 15 is 0 Å². The van der Waals surface area contributed by atoms with Gasteiger partial charge in [-0.3, -0.25) is 9.79 Å². The molecule has 1 saturated carbocycles. The average Bonchev–Trinajstić information content (AvgIpc) is 2.99. The van der Waals surface area contributed by atoms with Gasteiger partial charge in [-0.15, -0.1) is 0 Å². The number of carbonyl (C=O) groups excluding carboxylic acids is 1. The summed E-state index contributed by atoms with van der Waals surface area (Å²) in [7, 11) is 0. The van der Waals surface area contributed by atoms with Crippen LogP contribution in [0.1, 0.15) is 20.3 Å². The van der Waals surface area contributed by atoms with Crippen LogP contribution >= 0.6 is 0 Å². The van der Waals surface area contributed by atoms with E-state index in [1.54, 1.807) is 26.0 Å². The highest BCUT2D eigenvalue weighted by Crippen LogP contribution is 2.45. The van der Waals surface area contributed by atoms with E-state index in [4.69, 9.17) is 9.84 Å². The third-order valence-corrected chi connectivity index (χ3v) is 2.44. The van der Waals surface area contributed by atoms with Crippen LogP contribution in [0.15, 0.2) is 28.6 Å². The van der Waals surface area contributed by atoms with Crippen molar-refractivity contribution in [1.29, 1.82) is 0 Å². The number of hydrogen-bond acceptors (Lipinski definition) is 4.